The van der Waals surface area contributed by atoms with Gasteiger partial charge >= 0.3 is 6.18 Å². The van der Waals surface area contributed by atoms with Gasteiger partial charge in [-0.1, -0.05) is 12.0 Å². The molecule has 1 aliphatic carbocycles. The Bertz CT molecular complexity index is 1730. The Morgan fingerprint density at radius 2 is 1.85 bits per heavy atom. The third-order valence-electron chi connectivity index (χ3n) is 9.06. The number of sulfone groups is 1. The van der Waals surface area contributed by atoms with Crippen molar-refractivity contribution in [1.82, 2.24) is 9.47 Å². The topological polar surface area (TPSA) is 105 Å². The van der Waals surface area contributed by atoms with Crippen LogP contribution in [0.2, 0.25) is 0 Å². The number of halogens is 3. The first-order chi connectivity index (χ1) is 21.9. The highest BCUT2D eigenvalue weighted by molar-refractivity contribution is 7.90. The lowest BCUT2D eigenvalue weighted by molar-refractivity contribution is -0.200. The van der Waals surface area contributed by atoms with Gasteiger partial charge in [-0.2, -0.15) is 13.2 Å². The first-order valence-corrected chi connectivity index (χ1v) is 17.4. The van der Waals surface area contributed by atoms with E-state index in [2.05, 4.69) is 27.4 Å². The SMILES string of the molecule is CS(=O)(=O)c1ccc(NCC#Cc2cc3c(N[C@H]4CC[C@H](N5CC6(COC6)C5)CC4)cccc3n2CC(F)(F)F)c(OCCO)c1. The maximum atomic E-state index is 13.7. The van der Waals surface area contributed by atoms with Crippen LogP contribution in [-0.2, 0) is 21.1 Å². The second-order valence-corrected chi connectivity index (χ2v) is 14.7. The fraction of sp³-hybridized carbons (Fsp3) is 0.515. The van der Waals surface area contributed by atoms with Crippen molar-refractivity contribution in [2.75, 3.05) is 63.0 Å². The van der Waals surface area contributed by atoms with Gasteiger partial charge in [0.2, 0.25) is 0 Å². The number of rotatable bonds is 10. The van der Waals surface area contributed by atoms with Gasteiger partial charge in [-0.05, 0) is 61.9 Å². The largest absolute Gasteiger partial charge is 0.489 e. The number of benzene rings is 2. The average molecular weight is 661 g/mol. The van der Waals surface area contributed by atoms with E-state index in [1.54, 1.807) is 18.2 Å². The van der Waals surface area contributed by atoms with Crippen molar-refractivity contribution in [3.8, 4) is 17.6 Å². The molecule has 3 aromatic rings. The van der Waals surface area contributed by atoms with E-state index in [9.17, 15) is 21.6 Å². The molecule has 1 aromatic heterocycles. The highest BCUT2D eigenvalue weighted by Gasteiger charge is 2.50. The summed E-state index contributed by atoms with van der Waals surface area (Å²) in [7, 11) is -3.49. The Balaban J connectivity index is 1.16. The van der Waals surface area contributed by atoms with Crippen molar-refractivity contribution in [2.45, 2.75) is 55.4 Å². The Hall–Kier alpha value is -3.44. The number of aliphatic hydroxyl groups excluding tert-OH is 1. The van der Waals surface area contributed by atoms with Gasteiger partial charge < -0.3 is 29.8 Å². The van der Waals surface area contributed by atoms with Crippen molar-refractivity contribution in [3.05, 3.63) is 48.2 Å². The summed E-state index contributed by atoms with van der Waals surface area (Å²) in [6.45, 7) is 2.58. The lowest BCUT2D eigenvalue weighted by Crippen LogP contribution is -2.68. The Kier molecular flexibility index (Phi) is 9.17. The number of ether oxygens (including phenoxy) is 2. The molecule has 3 heterocycles. The third-order valence-corrected chi connectivity index (χ3v) is 10.2. The standard InChI is InChI=1S/C33H39F3N4O5S/c1-46(42,43)26-11-12-29(31(17-26)45-15-14-41)37-13-3-4-25-16-27-28(5-2-6-30(27)40(25)20-33(34,35)36)38-23-7-9-24(10-8-23)39-18-32(19-39)21-44-22-32/h2,5-6,11-12,16-17,23-24,37-38,41H,7-10,13-15,18-22H2,1H3/t23-,24-. The maximum Gasteiger partial charge on any atom is 0.406 e. The molecular formula is C33H39F3N4O5S. The number of fused-ring (bicyclic) bond motifs is 1. The average Bonchev–Trinajstić information content (AvgIpc) is 3.30. The summed E-state index contributed by atoms with van der Waals surface area (Å²) in [6, 6.07) is 12.2. The van der Waals surface area contributed by atoms with Gasteiger partial charge in [0.05, 0.1) is 48.2 Å². The number of hydrogen-bond acceptors (Lipinski definition) is 8. The molecule has 1 saturated carbocycles. The van der Waals surface area contributed by atoms with E-state index in [-0.39, 0.29) is 42.1 Å². The van der Waals surface area contributed by atoms with Gasteiger partial charge in [0.15, 0.2) is 9.84 Å². The number of alkyl halides is 3. The molecule has 6 rings (SSSR count). The van der Waals surface area contributed by atoms with Gasteiger partial charge in [0.1, 0.15) is 18.9 Å². The van der Waals surface area contributed by atoms with Crippen LogP contribution >= 0.6 is 0 Å². The first kappa shape index (κ1) is 32.5. The summed E-state index contributed by atoms with van der Waals surface area (Å²) >= 11 is 0. The lowest BCUT2D eigenvalue weighted by atomic mass is 9.75. The molecule has 248 valence electrons. The van der Waals surface area contributed by atoms with Crippen molar-refractivity contribution in [3.63, 3.8) is 0 Å². The summed E-state index contributed by atoms with van der Waals surface area (Å²) in [5.41, 5.74) is 2.34. The monoisotopic (exact) mass is 660 g/mol. The summed E-state index contributed by atoms with van der Waals surface area (Å²) < 4.78 is 77.1. The molecule has 2 aliphatic heterocycles. The minimum atomic E-state index is -4.44. The van der Waals surface area contributed by atoms with Crippen molar-refractivity contribution in [1.29, 1.82) is 0 Å². The Morgan fingerprint density at radius 1 is 1.09 bits per heavy atom. The highest BCUT2D eigenvalue weighted by Crippen LogP contribution is 2.41. The molecule has 0 unspecified atom stereocenters. The van der Waals surface area contributed by atoms with E-state index in [1.807, 2.05) is 6.07 Å². The maximum absolute atomic E-state index is 13.7. The van der Waals surface area contributed by atoms with Crippen LogP contribution in [0.3, 0.4) is 0 Å². The number of hydrogen-bond donors (Lipinski definition) is 3. The Morgan fingerprint density at radius 3 is 2.50 bits per heavy atom. The zero-order chi connectivity index (χ0) is 32.5. The normalized spacial score (nSPS) is 21.2. The number of aromatic nitrogens is 1. The molecule has 0 bridgehead atoms. The van der Waals surface area contributed by atoms with Crippen LogP contribution in [0.15, 0.2) is 47.4 Å². The molecule has 0 amide bonds. The lowest BCUT2D eigenvalue weighted by Gasteiger charge is -2.58. The molecule has 3 aliphatic rings. The van der Waals surface area contributed by atoms with Crippen LogP contribution in [0.1, 0.15) is 31.4 Å². The summed E-state index contributed by atoms with van der Waals surface area (Å²) in [5, 5.41) is 16.5. The number of likely N-dealkylation sites (tertiary alicyclic amines) is 1. The van der Waals surface area contributed by atoms with Crippen LogP contribution in [0.25, 0.3) is 10.9 Å². The minimum Gasteiger partial charge on any atom is -0.489 e. The fourth-order valence-corrected chi connectivity index (χ4v) is 7.38. The second-order valence-electron chi connectivity index (χ2n) is 12.7. The van der Waals surface area contributed by atoms with E-state index >= 15 is 0 Å². The quantitative estimate of drug-likeness (QED) is 0.274. The number of nitrogens with one attached hydrogen (secondary N) is 2. The molecule has 0 radical (unpaired) electrons. The highest BCUT2D eigenvalue weighted by atomic mass is 32.2. The molecule has 3 N–H and O–H groups in total. The smallest absolute Gasteiger partial charge is 0.406 e. The number of anilines is 2. The zero-order valence-corrected chi connectivity index (χ0v) is 26.5. The van der Waals surface area contributed by atoms with E-state index in [1.165, 1.54) is 22.8 Å². The zero-order valence-electron chi connectivity index (χ0n) is 25.7. The van der Waals surface area contributed by atoms with E-state index < -0.39 is 22.6 Å². The first-order valence-electron chi connectivity index (χ1n) is 15.5. The minimum absolute atomic E-state index is 0.0438. The van der Waals surface area contributed by atoms with Crippen LogP contribution in [0.4, 0.5) is 24.5 Å². The second kappa shape index (κ2) is 13.0. The molecule has 9 nitrogen and oxygen atoms in total. The summed E-state index contributed by atoms with van der Waals surface area (Å²) in [4.78, 5) is 2.63. The van der Waals surface area contributed by atoms with Crippen LogP contribution in [0, 0.1) is 17.3 Å². The van der Waals surface area contributed by atoms with Crippen LogP contribution in [0.5, 0.6) is 5.75 Å². The number of nitrogens with zero attached hydrogens (tertiary/aromatic N) is 2. The van der Waals surface area contributed by atoms with Crippen molar-refractivity contribution >= 4 is 32.1 Å². The van der Waals surface area contributed by atoms with Gasteiger partial charge in [0, 0.05) is 54.0 Å². The molecule has 2 aromatic carbocycles. The fourth-order valence-electron chi connectivity index (χ4n) is 6.74. The van der Waals surface area contributed by atoms with Gasteiger partial charge in [-0.25, -0.2) is 8.42 Å². The number of aliphatic hydroxyl groups is 1. The summed E-state index contributed by atoms with van der Waals surface area (Å²) in [5.74, 6) is 6.02. The molecule has 0 atom stereocenters. The third kappa shape index (κ3) is 7.25. The van der Waals surface area contributed by atoms with Crippen LogP contribution in [-0.4, -0.2) is 93.6 Å². The van der Waals surface area contributed by atoms with Crippen molar-refractivity contribution < 1.29 is 36.2 Å². The molecule has 13 heteroatoms. The predicted octanol–water partition coefficient (Wildman–Crippen LogP) is 4.50. The van der Waals surface area contributed by atoms with Gasteiger partial charge in [0.25, 0.3) is 0 Å². The van der Waals surface area contributed by atoms with E-state index in [4.69, 9.17) is 14.6 Å². The van der Waals surface area contributed by atoms with E-state index in [0.717, 1.165) is 63.9 Å². The molecule has 46 heavy (non-hydrogen) atoms. The predicted molar refractivity (Wildman–Crippen MR) is 170 cm³/mol. The van der Waals surface area contributed by atoms with Gasteiger partial charge in [-0.3, -0.25) is 4.90 Å². The summed E-state index contributed by atoms with van der Waals surface area (Å²) in [6.07, 6.45) is 0.816. The molecular weight excluding hydrogens is 621 g/mol. The molecule has 2 saturated heterocycles. The van der Waals surface area contributed by atoms with E-state index in [0.29, 0.717) is 28.0 Å². The van der Waals surface area contributed by atoms with Gasteiger partial charge in [-0.15, -0.1) is 0 Å². The Labute approximate surface area is 267 Å². The van der Waals surface area contributed by atoms with Crippen molar-refractivity contribution in [2.24, 2.45) is 5.41 Å². The molecule has 1 spiro atoms. The molecule has 3 fully saturated rings. The van der Waals surface area contributed by atoms with Crippen LogP contribution < -0.4 is 15.4 Å².